The molecule has 1 N–H and O–H groups in total. The lowest BCUT2D eigenvalue weighted by Crippen LogP contribution is -2.13. The molecule has 0 amide bonds. The fourth-order valence-electron chi connectivity index (χ4n) is 3.31. The largest absolute Gasteiger partial charge is 0.462 e. The summed E-state index contributed by atoms with van der Waals surface area (Å²) in [6, 6.07) is 9.82. The zero-order valence-corrected chi connectivity index (χ0v) is 16.5. The minimum atomic E-state index is -0.433. The molecule has 0 radical (unpaired) electrons. The number of fused-ring (bicyclic) bond motifs is 1. The van der Waals surface area contributed by atoms with Crippen molar-refractivity contribution in [1.82, 2.24) is 29.5 Å². The number of para-hydroxylation sites is 1. The van der Waals surface area contributed by atoms with Crippen LogP contribution in [0.25, 0.3) is 16.7 Å². The van der Waals surface area contributed by atoms with E-state index in [1.165, 1.54) is 6.20 Å². The van der Waals surface area contributed by atoms with Crippen LogP contribution in [0.1, 0.15) is 28.8 Å². The molecule has 0 aliphatic heterocycles. The van der Waals surface area contributed by atoms with Gasteiger partial charge in [-0.1, -0.05) is 18.2 Å². The van der Waals surface area contributed by atoms with Crippen LogP contribution in [0.3, 0.4) is 0 Å². The van der Waals surface area contributed by atoms with Gasteiger partial charge in [-0.05, 0) is 26.0 Å². The Bertz CT molecular complexity index is 1160. The van der Waals surface area contributed by atoms with Crippen LogP contribution < -0.4 is 5.32 Å². The van der Waals surface area contributed by atoms with Gasteiger partial charge in [0.25, 0.3) is 0 Å². The number of hydrogen-bond acceptors (Lipinski definition) is 7. The number of nitrogens with one attached hydrogen (secondary N) is 1. The van der Waals surface area contributed by atoms with E-state index in [-0.39, 0.29) is 6.61 Å². The third-order valence-electron chi connectivity index (χ3n) is 4.60. The normalized spacial score (nSPS) is 11.0. The number of benzene rings is 1. The van der Waals surface area contributed by atoms with Gasteiger partial charge < -0.3 is 10.1 Å². The SMILES string of the molecule is CCOC(=O)c1cnc2c(c(C)nn2C)c1NCc1nncn1-c1ccccc1. The van der Waals surface area contributed by atoms with E-state index < -0.39 is 5.97 Å². The average Bonchev–Trinajstić information content (AvgIpc) is 3.31. The Morgan fingerprint density at radius 3 is 2.79 bits per heavy atom. The van der Waals surface area contributed by atoms with E-state index in [1.54, 1.807) is 17.9 Å². The summed E-state index contributed by atoms with van der Waals surface area (Å²) in [7, 11) is 1.82. The van der Waals surface area contributed by atoms with Crippen molar-refractivity contribution in [1.29, 1.82) is 0 Å². The zero-order chi connectivity index (χ0) is 20.4. The predicted molar refractivity (Wildman–Crippen MR) is 108 cm³/mol. The van der Waals surface area contributed by atoms with Crippen LogP contribution in [0.4, 0.5) is 5.69 Å². The first kappa shape index (κ1) is 18.6. The Morgan fingerprint density at radius 2 is 2.03 bits per heavy atom. The first-order valence-electron chi connectivity index (χ1n) is 9.27. The van der Waals surface area contributed by atoms with Crippen molar-refractivity contribution in [2.45, 2.75) is 20.4 Å². The Kier molecular flexibility index (Phi) is 4.94. The maximum absolute atomic E-state index is 12.5. The molecule has 0 saturated heterocycles. The van der Waals surface area contributed by atoms with Gasteiger partial charge in [0.05, 0.1) is 29.9 Å². The van der Waals surface area contributed by atoms with Gasteiger partial charge in [-0.15, -0.1) is 10.2 Å². The molecule has 0 aliphatic carbocycles. The molecule has 3 heterocycles. The Morgan fingerprint density at radius 1 is 1.24 bits per heavy atom. The molecule has 0 bridgehead atoms. The fourth-order valence-corrected chi connectivity index (χ4v) is 3.31. The number of nitrogens with zero attached hydrogens (tertiary/aromatic N) is 6. The van der Waals surface area contributed by atoms with E-state index in [1.807, 2.05) is 48.9 Å². The number of pyridine rings is 1. The summed E-state index contributed by atoms with van der Waals surface area (Å²) in [6.07, 6.45) is 3.18. The van der Waals surface area contributed by atoms with Gasteiger partial charge in [0, 0.05) is 18.9 Å². The standard InChI is InChI=1S/C20H21N7O2/c1-4-29-20(28)15-10-22-19-17(13(2)25-26(19)3)18(15)21-11-16-24-23-12-27(16)14-8-6-5-7-9-14/h5-10,12H,4,11H2,1-3H3,(H,21,22). The van der Waals surface area contributed by atoms with Gasteiger partial charge >= 0.3 is 5.97 Å². The molecule has 1 aromatic carbocycles. The Balaban J connectivity index is 1.74. The number of ether oxygens (including phenoxy) is 1. The van der Waals surface area contributed by atoms with Gasteiger partial charge in [-0.2, -0.15) is 5.10 Å². The van der Waals surface area contributed by atoms with Crippen molar-refractivity contribution in [2.24, 2.45) is 7.05 Å². The molecule has 4 aromatic rings. The van der Waals surface area contributed by atoms with Gasteiger partial charge in [-0.25, -0.2) is 9.78 Å². The van der Waals surface area contributed by atoms with E-state index in [4.69, 9.17) is 4.74 Å². The number of carbonyl (C=O) groups excluding carboxylic acids is 1. The first-order chi connectivity index (χ1) is 14.1. The number of aryl methyl sites for hydroxylation is 2. The summed E-state index contributed by atoms with van der Waals surface area (Å²) in [4.78, 5) is 16.9. The van der Waals surface area contributed by atoms with Gasteiger partial charge in [0.2, 0.25) is 0 Å². The smallest absolute Gasteiger partial charge is 0.341 e. The highest BCUT2D eigenvalue weighted by molar-refractivity contribution is 6.05. The van der Waals surface area contributed by atoms with Crippen molar-refractivity contribution in [3.05, 3.63) is 59.9 Å². The molecule has 148 valence electrons. The molecule has 0 atom stereocenters. The van der Waals surface area contributed by atoms with Crippen LogP contribution in [0.5, 0.6) is 0 Å². The molecule has 3 aromatic heterocycles. The number of esters is 1. The quantitative estimate of drug-likeness (QED) is 0.504. The lowest BCUT2D eigenvalue weighted by molar-refractivity contribution is 0.0527. The highest BCUT2D eigenvalue weighted by Gasteiger charge is 2.21. The number of rotatable bonds is 6. The van der Waals surface area contributed by atoms with Gasteiger partial charge in [-0.3, -0.25) is 9.25 Å². The second kappa shape index (κ2) is 7.70. The molecular formula is C20H21N7O2. The highest BCUT2D eigenvalue weighted by Crippen LogP contribution is 2.29. The maximum Gasteiger partial charge on any atom is 0.341 e. The van der Waals surface area contributed by atoms with E-state index in [9.17, 15) is 4.79 Å². The van der Waals surface area contributed by atoms with Crippen LogP contribution in [0.15, 0.2) is 42.9 Å². The van der Waals surface area contributed by atoms with E-state index in [0.717, 1.165) is 16.8 Å². The van der Waals surface area contributed by atoms with E-state index in [0.29, 0.717) is 29.3 Å². The second-order valence-electron chi connectivity index (χ2n) is 6.48. The lowest BCUT2D eigenvalue weighted by atomic mass is 10.1. The number of anilines is 1. The lowest BCUT2D eigenvalue weighted by Gasteiger charge is -2.13. The van der Waals surface area contributed by atoms with Crippen LogP contribution in [0.2, 0.25) is 0 Å². The van der Waals surface area contributed by atoms with Crippen molar-refractivity contribution in [2.75, 3.05) is 11.9 Å². The molecule has 4 rings (SSSR count). The van der Waals surface area contributed by atoms with Crippen molar-refractivity contribution in [3.8, 4) is 5.69 Å². The fraction of sp³-hybridized carbons (Fsp3) is 0.250. The molecule has 9 nitrogen and oxygen atoms in total. The summed E-state index contributed by atoms with van der Waals surface area (Å²) in [5.74, 6) is 0.273. The summed E-state index contributed by atoms with van der Waals surface area (Å²) < 4.78 is 8.80. The summed E-state index contributed by atoms with van der Waals surface area (Å²) in [5.41, 5.74) is 3.40. The number of hydrogen-bond donors (Lipinski definition) is 1. The van der Waals surface area contributed by atoms with Gasteiger partial charge in [0.1, 0.15) is 11.9 Å². The minimum Gasteiger partial charge on any atom is -0.462 e. The summed E-state index contributed by atoms with van der Waals surface area (Å²) in [5, 5.41) is 16.8. The Labute approximate surface area is 167 Å². The molecule has 0 unspecified atom stereocenters. The first-order valence-corrected chi connectivity index (χ1v) is 9.27. The van der Waals surface area contributed by atoms with Crippen LogP contribution in [0, 0.1) is 6.92 Å². The average molecular weight is 391 g/mol. The molecule has 0 spiro atoms. The molecule has 0 aliphatic rings. The summed E-state index contributed by atoms with van der Waals surface area (Å²) >= 11 is 0. The predicted octanol–water partition coefficient (Wildman–Crippen LogP) is 2.65. The van der Waals surface area contributed by atoms with Crippen molar-refractivity contribution >= 4 is 22.7 Å². The number of aromatic nitrogens is 6. The topological polar surface area (TPSA) is 99.8 Å². The Hall–Kier alpha value is -3.75. The molecular weight excluding hydrogens is 370 g/mol. The van der Waals surface area contributed by atoms with Crippen LogP contribution >= 0.6 is 0 Å². The zero-order valence-electron chi connectivity index (χ0n) is 16.5. The van der Waals surface area contributed by atoms with Crippen LogP contribution in [-0.2, 0) is 18.3 Å². The van der Waals surface area contributed by atoms with Gasteiger partial charge in [0.15, 0.2) is 11.5 Å². The van der Waals surface area contributed by atoms with E-state index in [2.05, 4.69) is 25.6 Å². The highest BCUT2D eigenvalue weighted by atomic mass is 16.5. The third kappa shape index (κ3) is 3.42. The minimum absolute atomic E-state index is 0.282. The third-order valence-corrected chi connectivity index (χ3v) is 4.60. The van der Waals surface area contributed by atoms with Crippen molar-refractivity contribution in [3.63, 3.8) is 0 Å². The van der Waals surface area contributed by atoms with Crippen LogP contribution in [-0.4, -0.2) is 42.1 Å². The molecule has 0 saturated carbocycles. The molecule has 9 heteroatoms. The summed E-state index contributed by atoms with van der Waals surface area (Å²) in [6.45, 7) is 4.30. The molecule has 0 fully saturated rings. The second-order valence-corrected chi connectivity index (χ2v) is 6.48. The van der Waals surface area contributed by atoms with Crippen molar-refractivity contribution < 1.29 is 9.53 Å². The number of carbonyl (C=O) groups is 1. The monoisotopic (exact) mass is 391 g/mol. The van der Waals surface area contributed by atoms with E-state index >= 15 is 0 Å². The maximum atomic E-state index is 12.5. The molecule has 29 heavy (non-hydrogen) atoms.